The number of nitrogens with zero attached hydrogens (tertiary/aromatic N) is 1. The predicted molar refractivity (Wildman–Crippen MR) is 36.2 cm³/mol. The van der Waals surface area contributed by atoms with Crippen LogP contribution in [-0.2, 0) is 4.79 Å². The quantitative estimate of drug-likeness (QED) is 0.563. The van der Waals surface area contributed by atoms with Crippen LogP contribution >= 0.6 is 0 Å². The van der Waals surface area contributed by atoms with Crippen molar-refractivity contribution in [2.24, 2.45) is 0 Å². The summed E-state index contributed by atoms with van der Waals surface area (Å²) >= 11 is 0. The molecule has 1 heterocycles. The Kier molecular flexibility index (Phi) is 2.00. The summed E-state index contributed by atoms with van der Waals surface area (Å²) in [5, 5.41) is 0. The lowest BCUT2D eigenvalue weighted by molar-refractivity contribution is -0.132. The summed E-state index contributed by atoms with van der Waals surface area (Å²) in [5.74, 6) is -0.371. The second-order valence-electron chi connectivity index (χ2n) is 1.83. The first-order chi connectivity index (χ1) is 5.18. The Balaban J connectivity index is 2.88. The molecule has 58 valence electrons. The number of nitrogens with one attached hydrogen (secondary N) is 1. The molecule has 0 aromatic carbocycles. The molecule has 0 unspecified atom stereocenters. The summed E-state index contributed by atoms with van der Waals surface area (Å²) in [6.45, 7) is 1.25. The van der Waals surface area contributed by atoms with Crippen LogP contribution in [-0.4, -0.2) is 15.9 Å². The van der Waals surface area contributed by atoms with E-state index in [9.17, 15) is 9.59 Å². The van der Waals surface area contributed by atoms with Crippen molar-refractivity contribution in [1.29, 1.82) is 0 Å². The van der Waals surface area contributed by atoms with Crippen molar-refractivity contribution in [3.63, 3.8) is 0 Å². The van der Waals surface area contributed by atoms with Gasteiger partial charge in [-0.15, -0.1) is 0 Å². The molecule has 0 amide bonds. The van der Waals surface area contributed by atoms with Gasteiger partial charge < -0.3 is 4.74 Å². The molecule has 5 heteroatoms. The fourth-order valence-electron chi connectivity index (χ4n) is 0.566. The van der Waals surface area contributed by atoms with Crippen LogP contribution < -0.4 is 10.4 Å². The zero-order chi connectivity index (χ0) is 8.27. The second-order valence-corrected chi connectivity index (χ2v) is 1.83. The van der Waals surface area contributed by atoms with Gasteiger partial charge in [0, 0.05) is 19.2 Å². The minimum Gasteiger partial charge on any atom is -0.410 e. The average molecular weight is 154 g/mol. The molecule has 0 radical (unpaired) electrons. The number of rotatable bonds is 1. The van der Waals surface area contributed by atoms with Gasteiger partial charge in [0.15, 0.2) is 0 Å². The van der Waals surface area contributed by atoms with E-state index in [1.165, 1.54) is 19.2 Å². The standard InChI is InChI=1S/C6H6N2O3/c1-4(9)11-5-2-3-7-6(10)8-5/h2-3H,1H3,(H,7,8,10). The smallest absolute Gasteiger partial charge is 0.347 e. The number of carbonyl (C=O) groups is 1. The van der Waals surface area contributed by atoms with Crippen LogP contribution in [0.2, 0.25) is 0 Å². The summed E-state index contributed by atoms with van der Waals surface area (Å²) < 4.78 is 4.56. The highest BCUT2D eigenvalue weighted by Gasteiger charge is 1.96. The molecule has 0 spiro atoms. The molecular formula is C6H6N2O3. The van der Waals surface area contributed by atoms with Crippen molar-refractivity contribution in [3.8, 4) is 5.88 Å². The molecule has 0 bridgehead atoms. The third-order valence-electron chi connectivity index (χ3n) is 0.902. The molecule has 1 N–H and O–H groups in total. The van der Waals surface area contributed by atoms with Gasteiger partial charge >= 0.3 is 11.7 Å². The number of carbonyl (C=O) groups excluding carboxylic acids is 1. The Bertz CT molecular complexity index is 318. The van der Waals surface area contributed by atoms with Crippen molar-refractivity contribution in [2.45, 2.75) is 6.92 Å². The maximum Gasteiger partial charge on any atom is 0.347 e. The van der Waals surface area contributed by atoms with E-state index >= 15 is 0 Å². The van der Waals surface area contributed by atoms with Crippen LogP contribution in [0.15, 0.2) is 17.1 Å². The molecule has 5 nitrogen and oxygen atoms in total. The topological polar surface area (TPSA) is 72.0 Å². The molecular weight excluding hydrogens is 148 g/mol. The van der Waals surface area contributed by atoms with Gasteiger partial charge in [0.25, 0.3) is 0 Å². The Morgan fingerprint density at radius 1 is 1.73 bits per heavy atom. The van der Waals surface area contributed by atoms with Crippen LogP contribution in [0.1, 0.15) is 6.92 Å². The summed E-state index contributed by atoms with van der Waals surface area (Å²) in [6.07, 6.45) is 1.26. The maximum atomic E-state index is 10.5. The molecule has 0 atom stereocenters. The largest absolute Gasteiger partial charge is 0.410 e. The minimum absolute atomic E-state index is 0.109. The average Bonchev–Trinajstić information content (AvgIpc) is 1.85. The Labute approximate surface area is 62.0 Å². The van der Waals surface area contributed by atoms with Gasteiger partial charge in [-0.1, -0.05) is 0 Å². The normalized spacial score (nSPS) is 9.18. The van der Waals surface area contributed by atoms with E-state index in [0.717, 1.165) is 0 Å². The van der Waals surface area contributed by atoms with Gasteiger partial charge in [0.1, 0.15) is 0 Å². The molecule has 11 heavy (non-hydrogen) atoms. The van der Waals surface area contributed by atoms with Crippen molar-refractivity contribution >= 4 is 5.97 Å². The zero-order valence-electron chi connectivity index (χ0n) is 5.83. The lowest BCUT2D eigenvalue weighted by Crippen LogP contribution is -2.12. The monoisotopic (exact) mass is 154 g/mol. The SMILES string of the molecule is CC(=O)Oc1ccnc(=O)[nH]1. The number of aromatic nitrogens is 2. The lowest BCUT2D eigenvalue weighted by Gasteiger charge is -1.96. The highest BCUT2D eigenvalue weighted by molar-refractivity contribution is 5.68. The van der Waals surface area contributed by atoms with Crippen LogP contribution in [0.3, 0.4) is 0 Å². The third kappa shape index (κ3) is 2.21. The number of ether oxygens (including phenoxy) is 1. The zero-order valence-corrected chi connectivity index (χ0v) is 5.83. The molecule has 1 aromatic heterocycles. The first-order valence-electron chi connectivity index (χ1n) is 2.92. The fourth-order valence-corrected chi connectivity index (χ4v) is 0.566. The van der Waals surface area contributed by atoms with Gasteiger partial charge in [-0.2, -0.15) is 0 Å². The van der Waals surface area contributed by atoms with Gasteiger partial charge in [-0.25, -0.2) is 9.78 Å². The van der Waals surface area contributed by atoms with E-state index in [2.05, 4.69) is 14.7 Å². The molecule has 0 saturated carbocycles. The summed E-state index contributed by atoms with van der Waals surface area (Å²) in [5.41, 5.74) is -0.538. The van der Waals surface area contributed by atoms with E-state index in [4.69, 9.17) is 0 Å². The van der Waals surface area contributed by atoms with E-state index in [1.807, 2.05) is 0 Å². The van der Waals surface area contributed by atoms with E-state index in [1.54, 1.807) is 0 Å². The van der Waals surface area contributed by atoms with Gasteiger partial charge in [0.05, 0.1) is 0 Å². The van der Waals surface area contributed by atoms with E-state index < -0.39 is 11.7 Å². The van der Waals surface area contributed by atoms with Gasteiger partial charge in [-0.05, 0) is 0 Å². The minimum atomic E-state index is -0.538. The van der Waals surface area contributed by atoms with Crippen LogP contribution in [0.25, 0.3) is 0 Å². The maximum absolute atomic E-state index is 10.5. The number of H-pyrrole nitrogens is 1. The van der Waals surface area contributed by atoms with E-state index in [0.29, 0.717) is 0 Å². The first-order valence-corrected chi connectivity index (χ1v) is 2.92. The summed E-state index contributed by atoms with van der Waals surface area (Å²) in [4.78, 5) is 26.4. The number of aromatic amines is 1. The van der Waals surface area contributed by atoms with Crippen LogP contribution in [0.5, 0.6) is 5.88 Å². The van der Waals surface area contributed by atoms with Gasteiger partial charge in [-0.3, -0.25) is 9.78 Å². The third-order valence-corrected chi connectivity index (χ3v) is 0.902. The van der Waals surface area contributed by atoms with Gasteiger partial charge in [0.2, 0.25) is 5.88 Å². The molecule has 1 rings (SSSR count). The van der Waals surface area contributed by atoms with Crippen molar-refractivity contribution < 1.29 is 9.53 Å². The molecule has 0 fully saturated rings. The predicted octanol–water partition coefficient (Wildman–Crippen LogP) is -0.305. The van der Waals surface area contributed by atoms with Crippen LogP contribution in [0.4, 0.5) is 0 Å². The van der Waals surface area contributed by atoms with Crippen molar-refractivity contribution in [1.82, 2.24) is 9.97 Å². The van der Waals surface area contributed by atoms with E-state index in [-0.39, 0.29) is 5.88 Å². The Morgan fingerprint density at radius 2 is 2.45 bits per heavy atom. The summed E-state index contributed by atoms with van der Waals surface area (Å²) in [7, 11) is 0. The Hall–Kier alpha value is -1.65. The fraction of sp³-hybridized carbons (Fsp3) is 0.167. The van der Waals surface area contributed by atoms with Crippen molar-refractivity contribution in [3.05, 3.63) is 22.7 Å². The first kappa shape index (κ1) is 7.46. The highest BCUT2D eigenvalue weighted by Crippen LogP contribution is 1.98. The lowest BCUT2D eigenvalue weighted by atomic mass is 10.6. The highest BCUT2D eigenvalue weighted by atomic mass is 16.5. The molecule has 0 saturated heterocycles. The number of esters is 1. The second kappa shape index (κ2) is 2.96. The molecule has 0 aliphatic rings. The molecule has 0 aliphatic carbocycles. The number of hydrogen-bond donors (Lipinski definition) is 1. The summed E-state index contributed by atoms with van der Waals surface area (Å²) in [6, 6.07) is 1.39. The number of hydrogen-bond acceptors (Lipinski definition) is 4. The van der Waals surface area contributed by atoms with Crippen LogP contribution in [0, 0.1) is 0 Å². The van der Waals surface area contributed by atoms with Crippen molar-refractivity contribution in [2.75, 3.05) is 0 Å². The molecule has 1 aromatic rings. The molecule has 0 aliphatic heterocycles. The Morgan fingerprint density at radius 3 is 3.00 bits per heavy atom.